The van der Waals surface area contributed by atoms with E-state index < -0.39 is 0 Å². The van der Waals surface area contributed by atoms with Crippen LogP contribution in [0.1, 0.15) is 10.4 Å². The molecule has 0 atom stereocenters. The molecule has 0 saturated heterocycles. The summed E-state index contributed by atoms with van der Waals surface area (Å²) in [6.07, 6.45) is 0. The van der Waals surface area contributed by atoms with Crippen molar-refractivity contribution in [3.8, 4) is 0 Å². The molecule has 0 N–H and O–H groups in total. The van der Waals surface area contributed by atoms with Crippen molar-refractivity contribution in [1.29, 1.82) is 0 Å². The number of fused-ring (bicyclic) bond motifs is 2. The predicted octanol–water partition coefficient (Wildman–Crippen LogP) is 3.49. The maximum atomic E-state index is 12.9. The zero-order chi connectivity index (χ0) is 16.7. The van der Waals surface area contributed by atoms with E-state index in [1.807, 2.05) is 60.5 Å². The molecule has 5 nitrogen and oxygen atoms in total. The molecular formula is C18H15BrN4O. The number of likely N-dealkylation sites (N-methyl/N-ethyl adjacent to an activating group) is 1. The number of carbonyl (C=O) groups excluding carboxylic acids is 1. The lowest BCUT2D eigenvalue weighted by Crippen LogP contribution is -2.43. The van der Waals surface area contributed by atoms with Gasteiger partial charge >= 0.3 is 0 Å². The Morgan fingerprint density at radius 1 is 0.958 bits per heavy atom. The first-order chi connectivity index (χ1) is 11.6. The number of carbonyl (C=O) groups is 1. The van der Waals surface area contributed by atoms with Crippen LogP contribution in [0.3, 0.4) is 0 Å². The summed E-state index contributed by atoms with van der Waals surface area (Å²) in [4.78, 5) is 26.1. The highest BCUT2D eigenvalue weighted by Gasteiger charge is 2.29. The highest BCUT2D eigenvalue weighted by Crippen LogP contribution is 2.31. The van der Waals surface area contributed by atoms with Gasteiger partial charge in [-0.05, 0) is 36.4 Å². The average Bonchev–Trinajstić information content (AvgIpc) is 2.61. The van der Waals surface area contributed by atoms with Gasteiger partial charge in [-0.2, -0.15) is 0 Å². The monoisotopic (exact) mass is 382 g/mol. The summed E-state index contributed by atoms with van der Waals surface area (Å²) in [6, 6.07) is 15.1. The fraction of sp³-hybridized carbons (Fsp3) is 0.167. The Morgan fingerprint density at radius 3 is 2.25 bits per heavy atom. The molecule has 6 heteroatoms. The minimum absolute atomic E-state index is 0.0542. The van der Waals surface area contributed by atoms with Crippen LogP contribution in [0.25, 0.3) is 11.0 Å². The van der Waals surface area contributed by atoms with Gasteiger partial charge in [0.05, 0.1) is 11.0 Å². The highest BCUT2D eigenvalue weighted by atomic mass is 79.9. The third-order valence-electron chi connectivity index (χ3n) is 4.15. The van der Waals surface area contributed by atoms with Crippen LogP contribution < -0.4 is 9.80 Å². The van der Waals surface area contributed by atoms with Crippen LogP contribution in [0, 0.1) is 0 Å². The molecule has 0 aliphatic carbocycles. The zero-order valence-corrected chi connectivity index (χ0v) is 14.7. The fourth-order valence-electron chi connectivity index (χ4n) is 2.83. The lowest BCUT2D eigenvalue weighted by Gasteiger charge is -2.33. The molecular weight excluding hydrogens is 368 g/mol. The number of hydrogen-bond donors (Lipinski definition) is 0. The number of halogens is 1. The van der Waals surface area contributed by atoms with Gasteiger partial charge in [0.1, 0.15) is 0 Å². The normalized spacial score (nSPS) is 13.9. The number of aromatic nitrogens is 2. The van der Waals surface area contributed by atoms with Crippen LogP contribution in [0.15, 0.2) is 53.0 Å². The second-order valence-corrected chi connectivity index (χ2v) is 6.66. The van der Waals surface area contributed by atoms with E-state index in [1.165, 1.54) is 0 Å². The van der Waals surface area contributed by atoms with Gasteiger partial charge in [0, 0.05) is 30.2 Å². The molecule has 0 unspecified atom stereocenters. The van der Waals surface area contributed by atoms with Gasteiger partial charge in [0.25, 0.3) is 5.91 Å². The van der Waals surface area contributed by atoms with Crippen molar-refractivity contribution in [3.05, 3.63) is 58.6 Å². The summed E-state index contributed by atoms with van der Waals surface area (Å²) in [5.41, 5.74) is 2.27. The van der Waals surface area contributed by atoms with Crippen molar-refractivity contribution in [2.75, 3.05) is 29.9 Å². The SMILES string of the molecule is CN1CCN(C(=O)c2ccc(Br)cc2)c2nc3ccccc3nc21. The molecule has 0 radical (unpaired) electrons. The van der Waals surface area contributed by atoms with Crippen molar-refractivity contribution in [2.24, 2.45) is 0 Å². The van der Waals surface area contributed by atoms with Gasteiger partial charge in [0.15, 0.2) is 11.6 Å². The van der Waals surface area contributed by atoms with E-state index >= 15 is 0 Å². The lowest BCUT2D eigenvalue weighted by molar-refractivity contribution is 0.0986. The van der Waals surface area contributed by atoms with E-state index in [-0.39, 0.29) is 5.91 Å². The van der Waals surface area contributed by atoms with E-state index in [9.17, 15) is 4.79 Å². The Bertz CT molecular complexity index is 926. The van der Waals surface area contributed by atoms with Crippen LogP contribution in [0.4, 0.5) is 11.6 Å². The minimum atomic E-state index is -0.0542. The number of hydrogen-bond acceptors (Lipinski definition) is 4. The standard InChI is InChI=1S/C18H15BrN4O/c1-22-10-11-23(18(24)12-6-8-13(19)9-7-12)17-16(22)20-14-4-2-3-5-15(14)21-17/h2-9H,10-11H2,1H3. The van der Waals surface area contributed by atoms with Gasteiger partial charge in [-0.3, -0.25) is 9.69 Å². The molecule has 0 bridgehead atoms. The Labute approximate surface area is 148 Å². The molecule has 120 valence electrons. The van der Waals surface area contributed by atoms with Crippen molar-refractivity contribution in [2.45, 2.75) is 0 Å². The number of amides is 1. The van der Waals surface area contributed by atoms with Crippen molar-refractivity contribution in [3.63, 3.8) is 0 Å². The lowest BCUT2D eigenvalue weighted by atomic mass is 10.2. The van der Waals surface area contributed by atoms with Crippen LogP contribution in [-0.2, 0) is 0 Å². The van der Waals surface area contributed by atoms with E-state index in [2.05, 4.69) is 15.9 Å². The van der Waals surface area contributed by atoms with Gasteiger partial charge in [-0.25, -0.2) is 9.97 Å². The second-order valence-electron chi connectivity index (χ2n) is 5.74. The molecule has 24 heavy (non-hydrogen) atoms. The summed E-state index contributed by atoms with van der Waals surface area (Å²) in [5.74, 6) is 1.31. The largest absolute Gasteiger partial charge is 0.355 e. The van der Waals surface area contributed by atoms with Crippen LogP contribution >= 0.6 is 15.9 Å². The Balaban J connectivity index is 1.81. The van der Waals surface area contributed by atoms with Gasteiger partial charge < -0.3 is 4.90 Å². The number of nitrogens with zero attached hydrogens (tertiary/aromatic N) is 4. The first-order valence-electron chi connectivity index (χ1n) is 7.69. The Morgan fingerprint density at radius 2 is 1.58 bits per heavy atom. The molecule has 0 saturated carbocycles. The summed E-state index contributed by atoms with van der Waals surface area (Å²) in [6.45, 7) is 1.31. The minimum Gasteiger partial charge on any atom is -0.355 e. The molecule has 2 heterocycles. The van der Waals surface area contributed by atoms with Gasteiger partial charge in [0.2, 0.25) is 0 Å². The number of benzene rings is 2. The maximum absolute atomic E-state index is 12.9. The fourth-order valence-corrected chi connectivity index (χ4v) is 3.09. The van der Waals surface area contributed by atoms with Gasteiger partial charge in [-0.15, -0.1) is 0 Å². The third-order valence-corrected chi connectivity index (χ3v) is 4.68. The van der Waals surface area contributed by atoms with Crippen LogP contribution in [0.5, 0.6) is 0 Å². The Kier molecular flexibility index (Phi) is 3.69. The molecule has 3 aromatic rings. The topological polar surface area (TPSA) is 49.3 Å². The Hall–Kier alpha value is -2.47. The predicted molar refractivity (Wildman–Crippen MR) is 98.6 cm³/mol. The molecule has 1 aliphatic rings. The van der Waals surface area contributed by atoms with E-state index in [1.54, 1.807) is 4.90 Å². The third kappa shape index (κ3) is 2.53. The number of para-hydroxylation sites is 2. The quantitative estimate of drug-likeness (QED) is 0.646. The molecule has 1 aliphatic heterocycles. The van der Waals surface area contributed by atoms with E-state index in [4.69, 9.17) is 9.97 Å². The molecule has 4 rings (SSSR count). The molecule has 1 aromatic heterocycles. The van der Waals surface area contributed by atoms with Gasteiger partial charge in [-0.1, -0.05) is 28.1 Å². The summed E-state index contributed by atoms with van der Waals surface area (Å²) < 4.78 is 0.948. The van der Waals surface area contributed by atoms with Crippen LogP contribution in [0.2, 0.25) is 0 Å². The summed E-state index contributed by atoms with van der Waals surface area (Å²) >= 11 is 3.40. The van der Waals surface area contributed by atoms with Crippen molar-refractivity contribution >= 4 is 44.5 Å². The molecule has 0 fully saturated rings. The molecule has 0 spiro atoms. The number of anilines is 2. The average molecular weight is 383 g/mol. The van der Waals surface area contributed by atoms with E-state index in [0.29, 0.717) is 17.9 Å². The second kappa shape index (κ2) is 5.87. The molecule has 1 amide bonds. The smallest absolute Gasteiger partial charge is 0.259 e. The molecule has 2 aromatic carbocycles. The summed E-state index contributed by atoms with van der Waals surface area (Å²) in [5, 5.41) is 0. The zero-order valence-electron chi connectivity index (χ0n) is 13.1. The van der Waals surface area contributed by atoms with Crippen molar-refractivity contribution in [1.82, 2.24) is 9.97 Å². The maximum Gasteiger partial charge on any atom is 0.259 e. The van der Waals surface area contributed by atoms with Crippen LogP contribution in [-0.4, -0.2) is 36.0 Å². The highest BCUT2D eigenvalue weighted by molar-refractivity contribution is 9.10. The number of rotatable bonds is 1. The first kappa shape index (κ1) is 15.1. The van der Waals surface area contributed by atoms with E-state index in [0.717, 1.165) is 27.9 Å². The van der Waals surface area contributed by atoms with Crippen molar-refractivity contribution < 1.29 is 4.79 Å². The summed E-state index contributed by atoms with van der Waals surface area (Å²) in [7, 11) is 1.98. The first-order valence-corrected chi connectivity index (χ1v) is 8.48.